The maximum absolute atomic E-state index is 14.8. The summed E-state index contributed by atoms with van der Waals surface area (Å²) < 4.78 is 43.5. The quantitative estimate of drug-likeness (QED) is 0.591. The first-order valence-corrected chi connectivity index (χ1v) is 10.5. The van der Waals surface area contributed by atoms with Gasteiger partial charge in [0.05, 0.1) is 17.3 Å². The van der Waals surface area contributed by atoms with Crippen LogP contribution in [0.2, 0.25) is 0 Å². The second-order valence-corrected chi connectivity index (χ2v) is 8.42. The number of benzene rings is 1. The van der Waals surface area contributed by atoms with Gasteiger partial charge in [-0.2, -0.15) is 5.26 Å². The number of pyridine rings is 2. The minimum atomic E-state index is -1.50. The molecule has 3 aromatic rings. The van der Waals surface area contributed by atoms with E-state index < -0.39 is 30.2 Å². The largest absolute Gasteiger partial charge is 0.385 e. The van der Waals surface area contributed by atoms with E-state index in [1.807, 2.05) is 19.1 Å². The van der Waals surface area contributed by atoms with E-state index in [1.54, 1.807) is 18.5 Å². The van der Waals surface area contributed by atoms with E-state index >= 15 is 0 Å². The number of halogens is 3. The molecule has 1 N–H and O–H groups in total. The van der Waals surface area contributed by atoms with Crippen molar-refractivity contribution in [2.45, 2.75) is 50.6 Å². The Balaban J connectivity index is 1.74. The van der Waals surface area contributed by atoms with Gasteiger partial charge < -0.3 is 5.11 Å². The van der Waals surface area contributed by atoms with Gasteiger partial charge >= 0.3 is 0 Å². The first-order valence-electron chi connectivity index (χ1n) is 10.5. The van der Waals surface area contributed by atoms with Crippen LogP contribution < -0.4 is 0 Å². The Morgan fingerprint density at radius 3 is 2.69 bits per heavy atom. The third-order valence-corrected chi connectivity index (χ3v) is 6.63. The zero-order valence-corrected chi connectivity index (χ0v) is 17.3. The van der Waals surface area contributed by atoms with Crippen molar-refractivity contribution in [1.82, 2.24) is 9.97 Å². The number of nitriles is 1. The van der Waals surface area contributed by atoms with Crippen LogP contribution in [0.5, 0.6) is 0 Å². The van der Waals surface area contributed by atoms with Gasteiger partial charge in [0.2, 0.25) is 0 Å². The number of rotatable bonds is 2. The first kappa shape index (κ1) is 20.7. The first-order chi connectivity index (χ1) is 15.4. The van der Waals surface area contributed by atoms with Gasteiger partial charge in [-0.25, -0.2) is 13.2 Å². The molecule has 4 atom stereocenters. The molecule has 2 heterocycles. The molecule has 1 aromatic carbocycles. The van der Waals surface area contributed by atoms with Crippen molar-refractivity contribution in [2.24, 2.45) is 0 Å². The van der Waals surface area contributed by atoms with Crippen LogP contribution in [-0.4, -0.2) is 21.2 Å². The van der Waals surface area contributed by atoms with Crippen molar-refractivity contribution in [1.29, 1.82) is 5.26 Å². The minimum absolute atomic E-state index is 0.00533. The van der Waals surface area contributed by atoms with Gasteiger partial charge in [0.15, 0.2) is 0 Å². The van der Waals surface area contributed by atoms with Crippen LogP contribution in [0, 0.1) is 24.1 Å². The van der Waals surface area contributed by atoms with Crippen molar-refractivity contribution in [2.75, 3.05) is 0 Å². The fourth-order valence-corrected chi connectivity index (χ4v) is 5.17. The molecule has 0 saturated carbocycles. The highest BCUT2D eigenvalue weighted by atomic mass is 19.1. The highest BCUT2D eigenvalue weighted by molar-refractivity contribution is 5.70. The summed E-state index contributed by atoms with van der Waals surface area (Å²) in [5.41, 5.74) is 4.24. The number of alkyl halides is 2. The van der Waals surface area contributed by atoms with Crippen LogP contribution in [0.3, 0.4) is 0 Å². The number of fused-ring (bicyclic) bond motifs is 2. The smallest absolute Gasteiger partial charge is 0.134 e. The lowest BCUT2D eigenvalue weighted by molar-refractivity contribution is 0.0928. The number of hydrogen-bond acceptors (Lipinski definition) is 4. The molecule has 0 spiro atoms. The molecule has 2 aliphatic rings. The molecular weight excluding hydrogens is 415 g/mol. The van der Waals surface area contributed by atoms with Crippen LogP contribution >= 0.6 is 0 Å². The van der Waals surface area contributed by atoms with Gasteiger partial charge in [-0.3, -0.25) is 9.97 Å². The SMILES string of the molecule is Cc1ncccc1-c1ncc([C@H]2CC[C@H](F)c3cc(F)cc(C#N)c32)c2c1[C@H](O)[C@H](F)C2. The Morgan fingerprint density at radius 2 is 1.94 bits per heavy atom. The van der Waals surface area contributed by atoms with Crippen LogP contribution in [0.4, 0.5) is 13.2 Å². The predicted octanol–water partition coefficient (Wildman–Crippen LogP) is 5.33. The summed E-state index contributed by atoms with van der Waals surface area (Å²) in [5, 5.41) is 20.3. The van der Waals surface area contributed by atoms with Crippen molar-refractivity contribution in [3.63, 3.8) is 0 Å². The minimum Gasteiger partial charge on any atom is -0.385 e. The molecule has 4 nitrogen and oxygen atoms in total. The molecule has 0 aliphatic heterocycles. The highest BCUT2D eigenvalue weighted by Crippen LogP contribution is 2.49. The number of hydrogen-bond donors (Lipinski definition) is 1. The number of aryl methyl sites for hydroxylation is 1. The monoisotopic (exact) mass is 435 g/mol. The van der Waals surface area contributed by atoms with Crippen LogP contribution in [0.1, 0.15) is 70.1 Å². The van der Waals surface area contributed by atoms with Crippen molar-refractivity contribution >= 4 is 0 Å². The Morgan fingerprint density at radius 1 is 1.12 bits per heavy atom. The lowest BCUT2D eigenvalue weighted by atomic mass is 9.74. The second-order valence-electron chi connectivity index (χ2n) is 8.42. The Labute approximate surface area is 183 Å². The van der Waals surface area contributed by atoms with E-state index in [4.69, 9.17) is 0 Å². The van der Waals surface area contributed by atoms with Gasteiger partial charge in [0.1, 0.15) is 24.3 Å². The summed E-state index contributed by atoms with van der Waals surface area (Å²) in [6.45, 7) is 1.82. The van der Waals surface area contributed by atoms with E-state index in [2.05, 4.69) is 9.97 Å². The lowest BCUT2D eigenvalue weighted by Crippen LogP contribution is -2.18. The molecule has 0 radical (unpaired) electrons. The maximum atomic E-state index is 14.8. The van der Waals surface area contributed by atoms with Crippen molar-refractivity contribution < 1.29 is 18.3 Å². The van der Waals surface area contributed by atoms with E-state index in [0.717, 1.165) is 12.1 Å². The van der Waals surface area contributed by atoms with Gasteiger partial charge in [-0.1, -0.05) is 0 Å². The van der Waals surface area contributed by atoms with Gasteiger partial charge in [-0.05, 0) is 66.3 Å². The molecule has 0 unspecified atom stereocenters. The third kappa shape index (κ3) is 3.09. The Bertz CT molecular complexity index is 1270. The Hall–Kier alpha value is -3.24. The molecule has 0 bridgehead atoms. The van der Waals surface area contributed by atoms with E-state index in [1.165, 1.54) is 0 Å². The molecule has 2 aliphatic carbocycles. The summed E-state index contributed by atoms with van der Waals surface area (Å²) in [5.74, 6) is -1.09. The molecule has 0 fully saturated rings. The lowest BCUT2D eigenvalue weighted by Gasteiger charge is -2.30. The maximum Gasteiger partial charge on any atom is 0.134 e. The zero-order chi connectivity index (χ0) is 22.6. The van der Waals surface area contributed by atoms with Crippen LogP contribution in [-0.2, 0) is 6.42 Å². The van der Waals surface area contributed by atoms with Gasteiger partial charge in [0, 0.05) is 41.6 Å². The number of aliphatic hydroxyl groups excluding tert-OH is 1. The fraction of sp³-hybridized carbons (Fsp3) is 0.320. The van der Waals surface area contributed by atoms with E-state index in [-0.39, 0.29) is 24.0 Å². The van der Waals surface area contributed by atoms with Crippen molar-refractivity contribution in [3.8, 4) is 17.3 Å². The van der Waals surface area contributed by atoms with Crippen molar-refractivity contribution in [3.05, 3.63) is 81.6 Å². The molecule has 7 heteroatoms. The summed E-state index contributed by atoms with van der Waals surface area (Å²) in [7, 11) is 0. The average molecular weight is 435 g/mol. The zero-order valence-electron chi connectivity index (χ0n) is 17.3. The second kappa shape index (κ2) is 7.72. The van der Waals surface area contributed by atoms with Gasteiger partial charge in [-0.15, -0.1) is 0 Å². The molecule has 5 rings (SSSR count). The van der Waals surface area contributed by atoms with E-state index in [0.29, 0.717) is 45.6 Å². The summed E-state index contributed by atoms with van der Waals surface area (Å²) in [6, 6.07) is 7.81. The third-order valence-electron chi connectivity index (χ3n) is 6.63. The fourth-order valence-electron chi connectivity index (χ4n) is 5.17. The van der Waals surface area contributed by atoms with Crippen LogP contribution in [0.15, 0.2) is 36.7 Å². The summed E-state index contributed by atoms with van der Waals surface area (Å²) in [4.78, 5) is 8.87. The Kier molecular flexibility index (Phi) is 4.98. The summed E-state index contributed by atoms with van der Waals surface area (Å²) in [6.07, 6.45) is -0.403. The number of aliphatic hydroxyl groups is 1. The summed E-state index contributed by atoms with van der Waals surface area (Å²) >= 11 is 0. The average Bonchev–Trinajstić information content (AvgIpc) is 3.08. The highest BCUT2D eigenvalue weighted by Gasteiger charge is 2.40. The molecular formula is C25H20F3N3O. The molecule has 162 valence electrons. The number of nitrogens with zero attached hydrogens (tertiary/aromatic N) is 3. The molecule has 2 aromatic heterocycles. The molecule has 32 heavy (non-hydrogen) atoms. The molecule has 0 amide bonds. The van der Waals surface area contributed by atoms with E-state index in [9.17, 15) is 23.5 Å². The standard InChI is InChI=1S/C25H20F3N3O/c1-12-15(3-2-6-30-12)24-23-17(9-21(28)25(23)32)19(11-31-24)16-4-5-20(27)18-8-14(26)7-13(10-29)22(16)18/h2-3,6-8,11,16,20-21,25,32H,4-5,9H2,1H3/t16-,20+,21-,25-/m1/s1. The number of aromatic nitrogens is 2. The molecule has 0 saturated heterocycles. The van der Waals surface area contributed by atoms with Crippen LogP contribution in [0.25, 0.3) is 11.3 Å². The topological polar surface area (TPSA) is 69.8 Å². The predicted molar refractivity (Wildman–Crippen MR) is 112 cm³/mol. The van der Waals surface area contributed by atoms with Gasteiger partial charge in [0.25, 0.3) is 0 Å². The normalized spacial score (nSPS) is 24.0.